The van der Waals surface area contributed by atoms with E-state index in [1.54, 1.807) is 0 Å². The SMILES string of the molecule is O=C(O)c1cc(F)c(NCc2cc(F)ccc2F)c(F)c1. The molecular formula is C14H9F4NO2. The molecule has 0 amide bonds. The molecule has 21 heavy (non-hydrogen) atoms. The van der Waals surface area contributed by atoms with Gasteiger partial charge in [0.2, 0.25) is 0 Å². The fourth-order valence-electron chi connectivity index (χ4n) is 1.73. The Morgan fingerprint density at radius 3 is 2.19 bits per heavy atom. The van der Waals surface area contributed by atoms with Crippen LogP contribution in [-0.2, 0) is 6.54 Å². The topological polar surface area (TPSA) is 49.3 Å². The Morgan fingerprint density at radius 1 is 1.00 bits per heavy atom. The van der Waals surface area contributed by atoms with Crippen molar-refractivity contribution in [3.63, 3.8) is 0 Å². The molecule has 0 heterocycles. The van der Waals surface area contributed by atoms with Crippen LogP contribution in [0.25, 0.3) is 0 Å². The van der Waals surface area contributed by atoms with E-state index in [0.29, 0.717) is 12.1 Å². The monoisotopic (exact) mass is 299 g/mol. The Kier molecular flexibility index (Phi) is 4.11. The summed E-state index contributed by atoms with van der Waals surface area (Å²) in [7, 11) is 0. The highest BCUT2D eigenvalue weighted by molar-refractivity contribution is 5.88. The summed E-state index contributed by atoms with van der Waals surface area (Å²) >= 11 is 0. The van der Waals surface area contributed by atoms with Crippen molar-refractivity contribution in [3.8, 4) is 0 Å². The van der Waals surface area contributed by atoms with Gasteiger partial charge in [-0.1, -0.05) is 0 Å². The van der Waals surface area contributed by atoms with Crippen LogP contribution in [0, 0.1) is 23.3 Å². The Labute approximate surface area is 116 Å². The van der Waals surface area contributed by atoms with Gasteiger partial charge in [0.25, 0.3) is 0 Å². The average Bonchev–Trinajstić information content (AvgIpc) is 2.41. The molecule has 2 aromatic rings. The first kappa shape index (κ1) is 14.8. The van der Waals surface area contributed by atoms with Gasteiger partial charge in [-0.2, -0.15) is 0 Å². The number of aromatic carboxylic acids is 1. The molecule has 0 atom stereocenters. The second-order valence-corrected chi connectivity index (χ2v) is 4.21. The van der Waals surface area contributed by atoms with Crippen LogP contribution >= 0.6 is 0 Å². The molecule has 0 aliphatic heterocycles. The molecule has 0 radical (unpaired) electrons. The first-order valence-corrected chi connectivity index (χ1v) is 5.78. The van der Waals surface area contributed by atoms with Crippen LogP contribution in [0.15, 0.2) is 30.3 Å². The lowest BCUT2D eigenvalue weighted by Gasteiger charge is -2.10. The average molecular weight is 299 g/mol. The van der Waals surface area contributed by atoms with E-state index in [-0.39, 0.29) is 12.1 Å². The predicted octanol–water partition coefficient (Wildman–Crippen LogP) is 3.55. The van der Waals surface area contributed by atoms with Crippen LogP contribution in [0.3, 0.4) is 0 Å². The molecule has 7 heteroatoms. The molecule has 0 fully saturated rings. The molecule has 2 rings (SSSR count). The maximum Gasteiger partial charge on any atom is 0.335 e. The van der Waals surface area contributed by atoms with Crippen molar-refractivity contribution in [2.75, 3.05) is 5.32 Å². The Balaban J connectivity index is 2.24. The van der Waals surface area contributed by atoms with Crippen LogP contribution in [0.2, 0.25) is 0 Å². The molecule has 2 aromatic carbocycles. The van der Waals surface area contributed by atoms with Crippen LogP contribution in [-0.4, -0.2) is 11.1 Å². The van der Waals surface area contributed by atoms with Crippen molar-refractivity contribution in [2.24, 2.45) is 0 Å². The van der Waals surface area contributed by atoms with Gasteiger partial charge >= 0.3 is 5.97 Å². The molecule has 0 spiro atoms. The Hall–Kier alpha value is -2.57. The zero-order chi connectivity index (χ0) is 15.6. The van der Waals surface area contributed by atoms with Gasteiger partial charge in [0.1, 0.15) is 29.0 Å². The van der Waals surface area contributed by atoms with Gasteiger partial charge in [0.15, 0.2) is 0 Å². The predicted molar refractivity (Wildman–Crippen MR) is 67.0 cm³/mol. The van der Waals surface area contributed by atoms with Crippen molar-refractivity contribution in [1.82, 2.24) is 0 Å². The molecule has 0 unspecified atom stereocenters. The number of nitrogens with one attached hydrogen (secondary N) is 1. The van der Waals surface area contributed by atoms with Crippen molar-refractivity contribution < 1.29 is 27.5 Å². The highest BCUT2D eigenvalue weighted by atomic mass is 19.1. The summed E-state index contributed by atoms with van der Waals surface area (Å²) in [6.45, 7) is -0.357. The van der Waals surface area contributed by atoms with Crippen molar-refractivity contribution >= 4 is 11.7 Å². The largest absolute Gasteiger partial charge is 0.478 e. The Bertz CT molecular complexity index is 680. The second kappa shape index (κ2) is 5.82. The zero-order valence-corrected chi connectivity index (χ0v) is 10.5. The molecule has 0 aromatic heterocycles. The molecule has 0 saturated heterocycles. The Morgan fingerprint density at radius 2 is 1.62 bits per heavy atom. The van der Waals surface area contributed by atoms with Crippen LogP contribution in [0.5, 0.6) is 0 Å². The summed E-state index contributed by atoms with van der Waals surface area (Å²) in [5, 5.41) is 10.9. The molecule has 0 aliphatic rings. The van der Waals surface area contributed by atoms with E-state index >= 15 is 0 Å². The molecule has 0 aliphatic carbocycles. The van der Waals surface area contributed by atoms with Crippen molar-refractivity contribution in [2.45, 2.75) is 6.54 Å². The first-order chi connectivity index (χ1) is 9.88. The number of carbonyl (C=O) groups is 1. The summed E-state index contributed by atoms with van der Waals surface area (Å²) < 4.78 is 53.6. The summed E-state index contributed by atoms with van der Waals surface area (Å²) in [5.74, 6) is -5.16. The maximum absolute atomic E-state index is 13.6. The van der Waals surface area contributed by atoms with E-state index in [1.807, 2.05) is 0 Å². The smallest absolute Gasteiger partial charge is 0.335 e. The van der Waals surface area contributed by atoms with Gasteiger partial charge in [0.05, 0.1) is 5.56 Å². The second-order valence-electron chi connectivity index (χ2n) is 4.21. The summed E-state index contributed by atoms with van der Waals surface area (Å²) in [5.41, 5.74) is -1.27. The minimum Gasteiger partial charge on any atom is -0.478 e. The number of rotatable bonds is 4. The van der Waals surface area contributed by atoms with Crippen molar-refractivity contribution in [3.05, 3.63) is 64.7 Å². The highest BCUT2D eigenvalue weighted by Gasteiger charge is 2.15. The summed E-state index contributed by atoms with van der Waals surface area (Å²) in [6, 6.07) is 3.98. The zero-order valence-electron chi connectivity index (χ0n) is 10.5. The van der Waals surface area contributed by atoms with E-state index in [2.05, 4.69) is 5.32 Å². The number of carboxylic acid groups (broad SMARTS) is 1. The number of carboxylic acids is 1. The maximum atomic E-state index is 13.6. The molecule has 110 valence electrons. The third kappa shape index (κ3) is 3.31. The number of hydrogen-bond donors (Lipinski definition) is 2. The molecule has 2 N–H and O–H groups in total. The lowest BCUT2D eigenvalue weighted by molar-refractivity contribution is 0.0696. The fourth-order valence-corrected chi connectivity index (χ4v) is 1.73. The third-order valence-electron chi connectivity index (χ3n) is 2.75. The van der Waals surface area contributed by atoms with Crippen LogP contribution in [0.4, 0.5) is 23.2 Å². The standard InChI is InChI=1S/C14H9F4NO2/c15-9-1-2-10(16)8(3-9)6-19-13-11(17)4-7(14(20)21)5-12(13)18/h1-5,19H,6H2,(H,20,21). The van der Waals surface area contributed by atoms with Crippen LogP contribution in [0.1, 0.15) is 15.9 Å². The van der Waals surface area contributed by atoms with E-state index in [1.165, 1.54) is 0 Å². The van der Waals surface area contributed by atoms with Gasteiger partial charge in [-0.3, -0.25) is 0 Å². The number of benzene rings is 2. The molecule has 3 nitrogen and oxygen atoms in total. The van der Waals surface area contributed by atoms with E-state index in [4.69, 9.17) is 5.11 Å². The normalized spacial score (nSPS) is 10.5. The van der Waals surface area contributed by atoms with Gasteiger partial charge in [-0.15, -0.1) is 0 Å². The lowest BCUT2D eigenvalue weighted by Crippen LogP contribution is -2.08. The lowest BCUT2D eigenvalue weighted by atomic mass is 10.1. The molecular weight excluding hydrogens is 290 g/mol. The summed E-state index contributed by atoms with van der Waals surface area (Å²) in [6.07, 6.45) is 0. The van der Waals surface area contributed by atoms with Gasteiger partial charge < -0.3 is 10.4 Å². The van der Waals surface area contributed by atoms with Crippen molar-refractivity contribution in [1.29, 1.82) is 0 Å². The minimum absolute atomic E-state index is 0.115. The molecule has 0 bridgehead atoms. The number of halogens is 4. The van der Waals surface area contributed by atoms with E-state index < -0.39 is 40.5 Å². The first-order valence-electron chi connectivity index (χ1n) is 5.78. The van der Waals surface area contributed by atoms with Gasteiger partial charge in [-0.25, -0.2) is 22.4 Å². The van der Waals surface area contributed by atoms with Gasteiger partial charge in [0, 0.05) is 12.1 Å². The summed E-state index contributed by atoms with van der Waals surface area (Å²) in [4.78, 5) is 10.6. The van der Waals surface area contributed by atoms with E-state index in [0.717, 1.165) is 18.2 Å². The minimum atomic E-state index is -1.48. The van der Waals surface area contributed by atoms with E-state index in [9.17, 15) is 22.4 Å². The third-order valence-corrected chi connectivity index (χ3v) is 2.75. The fraction of sp³-hybridized carbons (Fsp3) is 0.0714. The van der Waals surface area contributed by atoms with Gasteiger partial charge in [-0.05, 0) is 30.3 Å². The molecule has 0 saturated carbocycles. The quantitative estimate of drug-likeness (QED) is 0.849. The number of hydrogen-bond acceptors (Lipinski definition) is 2. The van der Waals surface area contributed by atoms with Crippen LogP contribution < -0.4 is 5.32 Å². The number of anilines is 1. The highest BCUT2D eigenvalue weighted by Crippen LogP contribution is 2.22.